The zero-order valence-corrected chi connectivity index (χ0v) is 22.3. The number of hydrogen-bond acceptors (Lipinski definition) is 6. The fourth-order valence-electron chi connectivity index (χ4n) is 5.49. The van der Waals surface area contributed by atoms with Gasteiger partial charge in [0.1, 0.15) is 23.0 Å². The Bertz CT molecular complexity index is 1100. The molecule has 36 heavy (non-hydrogen) atoms. The third-order valence-corrected chi connectivity index (χ3v) is 6.76. The van der Waals surface area contributed by atoms with Gasteiger partial charge in [-0.2, -0.15) is 0 Å². The quantitative estimate of drug-likeness (QED) is 0.530. The molecule has 0 aromatic heterocycles. The molecule has 1 saturated carbocycles. The van der Waals surface area contributed by atoms with E-state index in [1.54, 1.807) is 50.6 Å². The summed E-state index contributed by atoms with van der Waals surface area (Å²) < 4.78 is 21.3. The summed E-state index contributed by atoms with van der Waals surface area (Å²) in [6.07, 6.45) is 2.49. The van der Waals surface area contributed by atoms with E-state index in [4.69, 9.17) is 18.9 Å². The van der Waals surface area contributed by atoms with Crippen LogP contribution in [-0.2, 0) is 0 Å². The second-order valence-electron chi connectivity index (χ2n) is 10.5. The Balaban J connectivity index is 1.71. The molecule has 0 radical (unpaired) electrons. The second-order valence-corrected chi connectivity index (χ2v) is 10.5. The summed E-state index contributed by atoms with van der Waals surface area (Å²) in [6, 6.07) is 10.2. The maximum absolute atomic E-state index is 13.2. The van der Waals surface area contributed by atoms with Crippen molar-refractivity contribution < 1.29 is 28.5 Å². The Morgan fingerprint density at radius 2 is 1.33 bits per heavy atom. The zero-order valence-electron chi connectivity index (χ0n) is 22.3. The number of benzene rings is 2. The van der Waals surface area contributed by atoms with Crippen molar-refractivity contribution in [1.29, 1.82) is 0 Å². The van der Waals surface area contributed by atoms with Gasteiger partial charge in [-0.15, -0.1) is 0 Å². The van der Waals surface area contributed by atoms with Crippen LogP contribution in [0.2, 0.25) is 0 Å². The van der Waals surface area contributed by atoms with Gasteiger partial charge in [0.25, 0.3) is 11.8 Å². The number of hydrogen-bond donors (Lipinski definition) is 2. The van der Waals surface area contributed by atoms with E-state index in [2.05, 4.69) is 31.4 Å². The SMILES string of the molecule is COc1ccc(C(=O)NC[C@]2(C)C[C@@H](NC(=O)c3ccc(OC)cc3OC)CC(C)(C)C2)c(OC)c1. The minimum Gasteiger partial charge on any atom is -0.497 e. The summed E-state index contributed by atoms with van der Waals surface area (Å²) in [7, 11) is 6.21. The molecule has 0 bridgehead atoms. The molecule has 1 aliphatic rings. The van der Waals surface area contributed by atoms with Crippen molar-refractivity contribution in [2.75, 3.05) is 35.0 Å². The van der Waals surface area contributed by atoms with Gasteiger partial charge in [-0.05, 0) is 54.4 Å². The highest BCUT2D eigenvalue weighted by Gasteiger charge is 2.42. The van der Waals surface area contributed by atoms with E-state index in [1.165, 1.54) is 14.2 Å². The predicted molar refractivity (Wildman–Crippen MR) is 138 cm³/mol. The van der Waals surface area contributed by atoms with Crippen LogP contribution in [0.1, 0.15) is 60.7 Å². The number of ether oxygens (including phenoxy) is 4. The molecule has 0 saturated heterocycles. The van der Waals surface area contributed by atoms with Gasteiger partial charge in [0.05, 0.1) is 39.6 Å². The van der Waals surface area contributed by atoms with Gasteiger partial charge in [-0.3, -0.25) is 9.59 Å². The number of methoxy groups -OCH3 is 4. The molecular formula is C28H38N2O6. The second kappa shape index (κ2) is 11.1. The lowest BCUT2D eigenvalue weighted by atomic mass is 9.62. The summed E-state index contributed by atoms with van der Waals surface area (Å²) in [4.78, 5) is 26.2. The summed E-state index contributed by atoms with van der Waals surface area (Å²) in [5.74, 6) is 1.77. The molecule has 2 atom stereocenters. The number of amides is 2. The maximum atomic E-state index is 13.2. The molecule has 0 unspecified atom stereocenters. The van der Waals surface area contributed by atoms with Crippen molar-refractivity contribution in [3.63, 3.8) is 0 Å². The molecule has 2 aromatic carbocycles. The van der Waals surface area contributed by atoms with Crippen LogP contribution in [0.15, 0.2) is 36.4 Å². The van der Waals surface area contributed by atoms with E-state index in [0.29, 0.717) is 40.7 Å². The minimum absolute atomic E-state index is 0.0164. The van der Waals surface area contributed by atoms with Crippen LogP contribution in [0.25, 0.3) is 0 Å². The topological polar surface area (TPSA) is 95.1 Å². The maximum Gasteiger partial charge on any atom is 0.255 e. The van der Waals surface area contributed by atoms with E-state index in [-0.39, 0.29) is 28.7 Å². The number of nitrogens with one attached hydrogen (secondary N) is 2. The molecule has 196 valence electrons. The fraction of sp³-hybridized carbons (Fsp3) is 0.500. The number of carbonyl (C=O) groups is 2. The molecule has 1 aliphatic carbocycles. The lowest BCUT2D eigenvalue weighted by molar-refractivity contribution is 0.0590. The van der Waals surface area contributed by atoms with Gasteiger partial charge >= 0.3 is 0 Å². The van der Waals surface area contributed by atoms with E-state index >= 15 is 0 Å². The Morgan fingerprint density at radius 3 is 1.83 bits per heavy atom. The van der Waals surface area contributed by atoms with Gasteiger partial charge < -0.3 is 29.6 Å². The molecule has 3 rings (SSSR count). The van der Waals surface area contributed by atoms with Crippen LogP contribution >= 0.6 is 0 Å². The van der Waals surface area contributed by atoms with E-state index in [1.807, 2.05) is 0 Å². The van der Waals surface area contributed by atoms with Gasteiger partial charge in [0.15, 0.2) is 0 Å². The molecule has 2 N–H and O–H groups in total. The average Bonchev–Trinajstić information content (AvgIpc) is 2.85. The van der Waals surface area contributed by atoms with Crippen molar-refractivity contribution >= 4 is 11.8 Å². The third kappa shape index (κ3) is 6.42. The Kier molecular flexibility index (Phi) is 8.38. The molecule has 2 aromatic rings. The Morgan fingerprint density at radius 1 is 0.806 bits per heavy atom. The Labute approximate surface area is 213 Å². The summed E-state index contributed by atoms with van der Waals surface area (Å²) >= 11 is 0. The molecule has 2 amide bonds. The van der Waals surface area contributed by atoms with E-state index < -0.39 is 0 Å². The number of carbonyl (C=O) groups excluding carboxylic acids is 2. The van der Waals surface area contributed by atoms with Crippen molar-refractivity contribution in [2.24, 2.45) is 10.8 Å². The summed E-state index contributed by atoms with van der Waals surface area (Å²) in [5, 5.41) is 6.29. The molecule has 0 heterocycles. The summed E-state index contributed by atoms with van der Waals surface area (Å²) in [6.45, 7) is 7.03. The fourth-order valence-corrected chi connectivity index (χ4v) is 5.49. The van der Waals surface area contributed by atoms with E-state index in [0.717, 1.165) is 19.3 Å². The molecule has 0 aliphatic heterocycles. The lowest BCUT2D eigenvalue weighted by Gasteiger charge is -2.47. The van der Waals surface area contributed by atoms with E-state index in [9.17, 15) is 9.59 Å². The highest BCUT2D eigenvalue weighted by Crippen LogP contribution is 2.46. The highest BCUT2D eigenvalue weighted by molar-refractivity contribution is 5.98. The van der Waals surface area contributed by atoms with Gasteiger partial charge in [-0.1, -0.05) is 20.8 Å². The molecular weight excluding hydrogens is 460 g/mol. The average molecular weight is 499 g/mol. The first-order chi connectivity index (χ1) is 17.0. The normalized spacial score (nSPS) is 20.7. The molecule has 8 nitrogen and oxygen atoms in total. The van der Waals surface area contributed by atoms with Crippen LogP contribution in [0.5, 0.6) is 23.0 Å². The molecule has 0 spiro atoms. The van der Waals surface area contributed by atoms with Crippen LogP contribution in [0.3, 0.4) is 0 Å². The predicted octanol–water partition coefficient (Wildman–Crippen LogP) is 4.47. The van der Waals surface area contributed by atoms with Crippen molar-refractivity contribution in [3.8, 4) is 23.0 Å². The number of rotatable bonds is 9. The van der Waals surface area contributed by atoms with Gasteiger partial charge in [-0.25, -0.2) is 0 Å². The van der Waals surface area contributed by atoms with Crippen LogP contribution in [0.4, 0.5) is 0 Å². The third-order valence-electron chi connectivity index (χ3n) is 6.76. The van der Waals surface area contributed by atoms with Crippen LogP contribution in [0, 0.1) is 10.8 Å². The molecule has 8 heteroatoms. The minimum atomic E-state index is -0.209. The largest absolute Gasteiger partial charge is 0.497 e. The van der Waals surface area contributed by atoms with Gasteiger partial charge in [0, 0.05) is 24.7 Å². The first kappa shape index (κ1) is 27.2. The standard InChI is InChI=1S/C28H38N2O6/c1-27(2)14-18(30-26(32)22-11-9-20(34-5)13-24(22)36-7)15-28(3,16-27)17-29-25(31)21-10-8-19(33-4)12-23(21)35-6/h8-13,18H,14-17H2,1-7H3,(H,29,31)(H,30,32)/t18-,28+/m0/s1. The monoisotopic (exact) mass is 498 g/mol. The first-order valence-corrected chi connectivity index (χ1v) is 12.1. The lowest BCUT2D eigenvalue weighted by Crippen LogP contribution is -2.50. The van der Waals surface area contributed by atoms with Crippen LogP contribution in [-0.4, -0.2) is 52.8 Å². The Hall–Kier alpha value is -3.42. The van der Waals surface area contributed by atoms with Crippen molar-refractivity contribution in [2.45, 2.75) is 46.1 Å². The molecule has 1 fully saturated rings. The summed E-state index contributed by atoms with van der Waals surface area (Å²) in [5.41, 5.74) is 0.688. The first-order valence-electron chi connectivity index (χ1n) is 12.1. The van der Waals surface area contributed by atoms with Gasteiger partial charge in [0.2, 0.25) is 0 Å². The highest BCUT2D eigenvalue weighted by atomic mass is 16.5. The van der Waals surface area contributed by atoms with Crippen molar-refractivity contribution in [3.05, 3.63) is 47.5 Å². The zero-order chi connectivity index (χ0) is 26.5. The smallest absolute Gasteiger partial charge is 0.255 e. The van der Waals surface area contributed by atoms with Crippen LogP contribution < -0.4 is 29.6 Å². The van der Waals surface area contributed by atoms with Crippen molar-refractivity contribution in [1.82, 2.24) is 10.6 Å².